The molecule has 0 fully saturated rings. The van der Waals surface area contributed by atoms with Crippen LogP contribution in [-0.4, -0.2) is 45.0 Å². The van der Waals surface area contributed by atoms with Crippen LogP contribution in [0.3, 0.4) is 0 Å². The predicted octanol–water partition coefficient (Wildman–Crippen LogP) is 4.10. The molecule has 3 aromatic heterocycles. The maximum atomic E-state index is 15.4. The minimum absolute atomic E-state index is 0.0614. The summed E-state index contributed by atoms with van der Waals surface area (Å²) >= 11 is 0. The van der Waals surface area contributed by atoms with Crippen molar-refractivity contribution in [3.05, 3.63) is 35.7 Å². The minimum atomic E-state index is -4.63. The van der Waals surface area contributed by atoms with Gasteiger partial charge >= 0.3 is 12.2 Å². The van der Waals surface area contributed by atoms with Crippen LogP contribution in [0.2, 0.25) is 0 Å². The van der Waals surface area contributed by atoms with Gasteiger partial charge in [-0.1, -0.05) is 0 Å². The molecule has 0 aliphatic heterocycles. The van der Waals surface area contributed by atoms with Crippen molar-refractivity contribution in [1.82, 2.24) is 25.1 Å². The van der Waals surface area contributed by atoms with E-state index in [1.807, 2.05) is 0 Å². The van der Waals surface area contributed by atoms with Gasteiger partial charge in [0.1, 0.15) is 22.5 Å². The van der Waals surface area contributed by atoms with E-state index in [0.29, 0.717) is 5.56 Å². The molecule has 156 valence electrons. The molecule has 3 heterocycles. The highest BCUT2D eigenvalue weighted by atomic mass is 19.4. The normalized spacial score (nSPS) is 12.0. The molecule has 0 amide bonds. The van der Waals surface area contributed by atoms with E-state index in [1.165, 1.54) is 19.4 Å². The number of fused-ring (bicyclic) bond motifs is 2. The Morgan fingerprint density at radius 3 is 2.57 bits per heavy atom. The number of nitrogens with one attached hydrogen (secondary N) is 1. The van der Waals surface area contributed by atoms with Gasteiger partial charge in [0.05, 0.1) is 18.7 Å². The summed E-state index contributed by atoms with van der Waals surface area (Å²) in [6, 6.07) is 0.805. The highest BCUT2D eigenvalue weighted by molar-refractivity contribution is 5.98. The Kier molecular flexibility index (Phi) is 4.63. The molecule has 0 unspecified atom stereocenters. The van der Waals surface area contributed by atoms with E-state index in [4.69, 9.17) is 9.47 Å². The average Bonchev–Trinajstić information content (AvgIpc) is 3.17. The lowest BCUT2D eigenvalue weighted by molar-refractivity contribution is -0.153. The van der Waals surface area contributed by atoms with E-state index in [-0.39, 0.29) is 39.1 Å². The van der Waals surface area contributed by atoms with Crippen LogP contribution in [-0.2, 0) is 0 Å². The second-order valence-electron chi connectivity index (χ2n) is 6.31. The van der Waals surface area contributed by atoms with Gasteiger partial charge in [-0.3, -0.25) is 10.1 Å². The van der Waals surface area contributed by atoms with Gasteiger partial charge in [-0.2, -0.15) is 28.2 Å². The average molecular weight is 425 g/mol. The first-order valence-corrected chi connectivity index (χ1v) is 8.42. The Bertz CT molecular complexity index is 1270. The van der Waals surface area contributed by atoms with Gasteiger partial charge in [0.15, 0.2) is 12.4 Å². The first-order chi connectivity index (χ1) is 14.2. The van der Waals surface area contributed by atoms with Gasteiger partial charge < -0.3 is 9.47 Å². The van der Waals surface area contributed by atoms with Gasteiger partial charge in [0.25, 0.3) is 0 Å². The molecule has 0 bridgehead atoms. The molecule has 7 nitrogen and oxygen atoms in total. The SMILES string of the molecule is COc1nc(OCC(F)(F)F)c2cnc(-c3c(C)cc(F)c4[nH]ncc34)c(F)c2n1. The van der Waals surface area contributed by atoms with Crippen molar-refractivity contribution in [2.45, 2.75) is 13.1 Å². The predicted molar refractivity (Wildman–Crippen MR) is 95.2 cm³/mol. The number of hydrogen-bond acceptors (Lipinski definition) is 6. The smallest absolute Gasteiger partial charge is 0.422 e. The number of alkyl halides is 3. The van der Waals surface area contributed by atoms with Crippen LogP contribution in [0.4, 0.5) is 22.0 Å². The Balaban J connectivity index is 1.95. The second-order valence-corrected chi connectivity index (χ2v) is 6.31. The van der Waals surface area contributed by atoms with E-state index >= 15 is 4.39 Å². The van der Waals surface area contributed by atoms with E-state index in [2.05, 4.69) is 25.1 Å². The summed E-state index contributed by atoms with van der Waals surface area (Å²) in [6.45, 7) is -0.0764. The number of benzene rings is 1. The molecule has 0 saturated carbocycles. The van der Waals surface area contributed by atoms with Crippen LogP contribution in [0.15, 0.2) is 18.5 Å². The van der Waals surface area contributed by atoms with Gasteiger partial charge in [0.2, 0.25) is 5.88 Å². The molecule has 4 rings (SSSR count). The highest BCUT2D eigenvalue weighted by Gasteiger charge is 2.30. The first kappa shape index (κ1) is 19.7. The number of aromatic nitrogens is 5. The maximum absolute atomic E-state index is 15.4. The second kappa shape index (κ2) is 7.04. The molecule has 0 saturated heterocycles. The van der Waals surface area contributed by atoms with E-state index in [9.17, 15) is 17.6 Å². The van der Waals surface area contributed by atoms with Crippen molar-refractivity contribution in [2.24, 2.45) is 0 Å². The monoisotopic (exact) mass is 425 g/mol. The number of pyridine rings is 1. The fourth-order valence-corrected chi connectivity index (χ4v) is 3.06. The molecular weight excluding hydrogens is 413 g/mol. The fourth-order valence-electron chi connectivity index (χ4n) is 3.06. The van der Waals surface area contributed by atoms with Gasteiger partial charge in [-0.25, -0.2) is 8.78 Å². The highest BCUT2D eigenvalue weighted by Crippen LogP contribution is 2.36. The lowest BCUT2D eigenvalue weighted by atomic mass is 9.99. The van der Waals surface area contributed by atoms with Crippen LogP contribution < -0.4 is 9.47 Å². The maximum Gasteiger partial charge on any atom is 0.422 e. The van der Waals surface area contributed by atoms with Crippen LogP contribution >= 0.6 is 0 Å². The fraction of sp³-hybridized carbons (Fsp3) is 0.222. The summed E-state index contributed by atoms with van der Waals surface area (Å²) in [7, 11) is 1.17. The molecular formula is C18H12F5N5O2. The summed E-state index contributed by atoms with van der Waals surface area (Å²) in [5.41, 5.74) is 0.154. The number of aryl methyl sites for hydroxylation is 1. The molecule has 30 heavy (non-hydrogen) atoms. The summed E-state index contributed by atoms with van der Waals surface area (Å²) in [6.07, 6.45) is -2.22. The number of halogens is 5. The molecule has 1 N–H and O–H groups in total. The number of rotatable bonds is 4. The summed E-state index contributed by atoms with van der Waals surface area (Å²) in [4.78, 5) is 11.6. The van der Waals surface area contributed by atoms with Crippen molar-refractivity contribution in [3.63, 3.8) is 0 Å². The first-order valence-electron chi connectivity index (χ1n) is 8.42. The van der Waals surface area contributed by atoms with Crippen molar-refractivity contribution in [1.29, 1.82) is 0 Å². The zero-order valence-electron chi connectivity index (χ0n) is 15.4. The van der Waals surface area contributed by atoms with Crippen molar-refractivity contribution in [3.8, 4) is 23.1 Å². The van der Waals surface area contributed by atoms with Crippen LogP contribution in [0.25, 0.3) is 33.1 Å². The van der Waals surface area contributed by atoms with E-state index in [1.54, 1.807) is 6.92 Å². The van der Waals surface area contributed by atoms with Gasteiger partial charge in [0, 0.05) is 17.1 Å². The zero-order valence-corrected chi connectivity index (χ0v) is 15.4. The Labute approximate surface area is 164 Å². The van der Waals surface area contributed by atoms with Crippen molar-refractivity contribution >= 4 is 21.8 Å². The summed E-state index contributed by atoms with van der Waals surface area (Å²) < 4.78 is 76.8. The third-order valence-electron chi connectivity index (χ3n) is 4.31. The lowest BCUT2D eigenvalue weighted by Gasteiger charge is -2.13. The number of aromatic amines is 1. The van der Waals surface area contributed by atoms with E-state index < -0.39 is 30.3 Å². The zero-order chi connectivity index (χ0) is 21.6. The third-order valence-corrected chi connectivity index (χ3v) is 4.31. The van der Waals surface area contributed by atoms with Crippen LogP contribution in [0.5, 0.6) is 11.9 Å². The van der Waals surface area contributed by atoms with Crippen LogP contribution in [0, 0.1) is 18.6 Å². The molecule has 0 aliphatic carbocycles. The minimum Gasteiger partial charge on any atom is -0.467 e. The molecule has 0 aliphatic rings. The molecule has 12 heteroatoms. The lowest BCUT2D eigenvalue weighted by Crippen LogP contribution is -2.20. The number of methoxy groups -OCH3 is 1. The quantitative estimate of drug-likeness (QED) is 0.496. The van der Waals surface area contributed by atoms with E-state index in [0.717, 1.165) is 6.20 Å². The topological polar surface area (TPSA) is 85.8 Å². The Hall–Kier alpha value is -3.57. The molecule has 1 aromatic carbocycles. The van der Waals surface area contributed by atoms with Crippen molar-refractivity contribution in [2.75, 3.05) is 13.7 Å². The number of H-pyrrole nitrogens is 1. The van der Waals surface area contributed by atoms with Gasteiger partial charge in [-0.15, -0.1) is 0 Å². The van der Waals surface area contributed by atoms with Gasteiger partial charge in [-0.05, 0) is 18.6 Å². The number of hydrogen-bond donors (Lipinski definition) is 1. The Morgan fingerprint density at radius 2 is 1.87 bits per heavy atom. The summed E-state index contributed by atoms with van der Waals surface area (Å²) in [5, 5.41) is 6.38. The number of nitrogens with zero attached hydrogens (tertiary/aromatic N) is 4. The standard InChI is InChI=1S/C18H12F5N5O2/c1-7-3-10(19)13-8(5-25-28-13)11(7)15-12(20)14-9(4-24-15)16(27-17(26-14)29-2)30-6-18(21,22)23/h3-5H,6H2,1-2H3,(H,25,28). The molecule has 0 radical (unpaired) electrons. The molecule has 0 spiro atoms. The van der Waals surface area contributed by atoms with Crippen molar-refractivity contribution < 1.29 is 31.4 Å². The summed E-state index contributed by atoms with van der Waals surface area (Å²) in [5.74, 6) is -2.06. The third kappa shape index (κ3) is 3.33. The number of ether oxygens (including phenoxy) is 2. The largest absolute Gasteiger partial charge is 0.467 e. The molecule has 0 atom stereocenters. The van der Waals surface area contributed by atoms with Crippen LogP contribution in [0.1, 0.15) is 5.56 Å². The Morgan fingerprint density at radius 1 is 1.10 bits per heavy atom. The molecule has 4 aromatic rings.